The zero-order valence-electron chi connectivity index (χ0n) is 94.7. The van der Waals surface area contributed by atoms with Crippen LogP contribution in [0, 0.1) is 25.5 Å². The van der Waals surface area contributed by atoms with Crippen molar-refractivity contribution in [2.45, 2.75) is 140 Å². The van der Waals surface area contributed by atoms with E-state index in [2.05, 4.69) is 9.97 Å². The summed E-state index contributed by atoms with van der Waals surface area (Å²) in [5.74, 6) is -6.42. The minimum atomic E-state index is -5.31. The van der Waals surface area contributed by atoms with E-state index in [0.717, 1.165) is 55.5 Å². The molecule has 22 heteroatoms. The predicted molar refractivity (Wildman–Crippen MR) is 363 cm³/mol. The van der Waals surface area contributed by atoms with Crippen LogP contribution >= 0.6 is 23.5 Å². The van der Waals surface area contributed by atoms with Gasteiger partial charge in [0.05, 0.1) is 41.3 Å². The van der Waals surface area contributed by atoms with E-state index in [4.69, 9.17) is 49.3 Å². The van der Waals surface area contributed by atoms with E-state index in [1.807, 2.05) is 0 Å². The summed E-state index contributed by atoms with van der Waals surface area (Å²) in [5, 5.41) is -2.29. The Bertz CT molecular complexity index is 6300. The van der Waals surface area contributed by atoms with Crippen molar-refractivity contribution in [3.8, 4) is 22.3 Å². The van der Waals surface area contributed by atoms with Gasteiger partial charge in [0.1, 0.15) is 24.6 Å². The van der Waals surface area contributed by atoms with Crippen LogP contribution in [0.5, 0.6) is 0 Å². The summed E-state index contributed by atoms with van der Waals surface area (Å²) in [7, 11) is 0. The maximum Gasteiger partial charge on any atom is 0.416 e. The number of fused-ring (bicyclic) bond motifs is 2. The molecule has 2 aliphatic rings. The molecule has 0 N–H and O–H groups in total. The molecule has 96 heavy (non-hydrogen) atoms. The van der Waals surface area contributed by atoms with E-state index in [1.54, 1.807) is 0 Å². The maximum absolute atomic E-state index is 15.4. The number of rotatable bonds is 26. The molecule has 0 saturated heterocycles. The molecule has 0 spiro atoms. The number of carbonyl (C=O) groups is 2. The Morgan fingerprint density at radius 1 is 0.531 bits per heavy atom. The van der Waals surface area contributed by atoms with Crippen LogP contribution in [0.1, 0.15) is 168 Å². The van der Waals surface area contributed by atoms with Gasteiger partial charge in [-0.1, -0.05) is 148 Å². The third kappa shape index (κ3) is 18.8. The average Bonchev–Trinajstić information content (AvgIpc) is 1.52. The third-order valence-corrected chi connectivity index (χ3v) is 14.8. The van der Waals surface area contributed by atoms with Crippen molar-refractivity contribution in [1.82, 2.24) is 38.7 Å². The van der Waals surface area contributed by atoms with E-state index >= 15 is 9.59 Å². The van der Waals surface area contributed by atoms with Crippen LogP contribution in [0.15, 0.2) is 153 Å². The summed E-state index contributed by atoms with van der Waals surface area (Å²) in [4.78, 5) is 63.3. The van der Waals surface area contributed by atoms with Crippen molar-refractivity contribution in [2.75, 3.05) is 52.0 Å². The second-order valence-electron chi connectivity index (χ2n) is 19.6. The first-order chi connectivity index (χ1) is 62.8. The second kappa shape index (κ2) is 32.9. The lowest BCUT2D eigenvalue weighted by Crippen LogP contribution is -2.40. The Morgan fingerprint density at radius 3 is 1.33 bits per heavy atom. The fourth-order valence-corrected chi connectivity index (χ4v) is 9.96. The molecule has 0 fully saturated rings. The number of hydrogen-bond donors (Lipinski definition) is 0. The van der Waals surface area contributed by atoms with Crippen LogP contribution < -0.4 is 11.1 Å². The van der Waals surface area contributed by atoms with E-state index in [-0.39, 0.29) is 74.0 Å². The van der Waals surface area contributed by atoms with Crippen LogP contribution in [-0.4, -0.2) is 102 Å². The molecule has 2 aliphatic carbocycles. The Balaban J connectivity index is 0.000000314. The Hall–Kier alpha value is -7.92. The lowest BCUT2D eigenvalue weighted by atomic mass is 9.98. The smallest absolute Gasteiger partial charge is 0.336 e. The number of nitrogens with zero attached hydrogens (tertiary/aromatic N) is 8. The van der Waals surface area contributed by atoms with Gasteiger partial charge in [0.15, 0.2) is 10.3 Å². The molecule has 2 aromatic heterocycles. The first kappa shape index (κ1) is 34.0. The molecule has 0 aliphatic heterocycles. The van der Waals surface area contributed by atoms with Gasteiger partial charge in [0, 0.05) is 103 Å². The number of alkyl halides is 6. The van der Waals surface area contributed by atoms with Gasteiger partial charge in [0.2, 0.25) is 11.8 Å². The van der Waals surface area contributed by atoms with Crippen molar-refractivity contribution in [2.24, 2.45) is 0 Å². The normalized spacial score (nSPS) is 22.9. The highest BCUT2D eigenvalue weighted by atomic mass is 32.2. The molecule has 0 unspecified atom stereocenters. The highest BCUT2D eigenvalue weighted by molar-refractivity contribution is 7.98. The van der Waals surface area contributed by atoms with E-state index in [1.165, 1.54) is 0 Å². The van der Waals surface area contributed by atoms with Crippen molar-refractivity contribution in [3.63, 3.8) is 0 Å². The van der Waals surface area contributed by atoms with Gasteiger partial charge in [-0.25, -0.2) is 8.78 Å². The van der Waals surface area contributed by atoms with Gasteiger partial charge in [-0.2, -0.15) is 36.3 Å². The summed E-state index contributed by atoms with van der Waals surface area (Å²) in [6.07, 6.45) is -22.2. The summed E-state index contributed by atoms with van der Waals surface area (Å²) in [6.45, 7) is -38.1. The van der Waals surface area contributed by atoms with Crippen LogP contribution in [-0.2, 0) is 85.0 Å². The first-order valence-electron chi connectivity index (χ1n) is 49.8. The topological polar surface area (TPSA) is 117 Å². The highest BCUT2D eigenvalue weighted by Crippen LogP contribution is 2.37. The summed E-state index contributed by atoms with van der Waals surface area (Å²) in [6, 6.07) is -11.5. The molecule has 0 saturated carbocycles. The highest BCUT2D eigenvalue weighted by Gasteiger charge is 2.34. The van der Waals surface area contributed by atoms with Gasteiger partial charge >= 0.3 is 12.4 Å². The summed E-state index contributed by atoms with van der Waals surface area (Å²) in [5.41, 5.74) is -24.7. The number of carbonyl (C=O) groups excluding carboxylic acids is 2. The van der Waals surface area contributed by atoms with Crippen molar-refractivity contribution in [3.05, 3.63) is 232 Å². The number of amides is 2. The minimum absolute atomic E-state index is 0.0317. The van der Waals surface area contributed by atoms with Crippen LogP contribution in [0.4, 0.5) is 35.1 Å². The standard InChI is InChI=1S/2C37H40F4N4O2S/c2*1-4-43(5-2)19-20-44(22-26-9-13-28(14-10-26)29-15-18-32(25(3)21-29)37(39,40)41)34(46)23-45-33-8-6-7-31(33)35(47)42-36(45)48-24-27-11-16-30(38)17-12-27/h2*9-18,21H,4-8,19-20,22-24H2,1-3H3/i4D2,5D2,6D2,7D2,8D2,9D,10D,13D,14D,15D,18D,19D2,20D2,21D,23D2,24D2;4D2,5D2,9D,10D,13D,14D,15D,18D,19D2,20D2,21D,23D2,24D2. The van der Waals surface area contributed by atoms with Gasteiger partial charge in [-0.05, 0) is 170 Å². The number of hydrogen-bond acceptors (Lipinski definition) is 10. The number of aromatic nitrogens is 4. The van der Waals surface area contributed by atoms with Gasteiger partial charge < -0.3 is 28.7 Å². The zero-order chi connectivity index (χ0) is 108. The maximum atomic E-state index is 15.4. The lowest BCUT2D eigenvalue weighted by Gasteiger charge is -2.28. The van der Waals surface area contributed by atoms with E-state index in [9.17, 15) is 55.7 Å². The molecule has 0 bridgehead atoms. The fourth-order valence-electron chi connectivity index (χ4n) is 8.53. The molecular formula is C74H80F8N8O4S2. The summed E-state index contributed by atoms with van der Waals surface area (Å²) >= 11 is -0.267. The van der Waals surface area contributed by atoms with Crippen molar-refractivity contribution >= 4 is 35.3 Å². The molecule has 10 rings (SSSR count). The van der Waals surface area contributed by atoms with E-state index < -0.39 is 333 Å². The average molecular weight is 1410 g/mol. The molecule has 0 radical (unpaired) electrons. The first-order valence-corrected chi connectivity index (χ1v) is 29.4. The molecule has 2 amide bonds. The second-order valence-corrected chi connectivity index (χ2v) is 21.1. The Labute approximate surface area is 625 Å². The predicted octanol–water partition coefficient (Wildman–Crippen LogP) is 15.1. The molecule has 508 valence electrons. The number of thioether (sulfide) groups is 2. The molecule has 6 aromatic carbocycles. The van der Waals surface area contributed by atoms with Gasteiger partial charge in [-0.3, -0.25) is 19.2 Å². The Morgan fingerprint density at radius 2 is 0.927 bits per heavy atom. The largest absolute Gasteiger partial charge is 0.416 e. The van der Waals surface area contributed by atoms with Gasteiger partial charge in [-0.15, -0.1) is 0 Å². The van der Waals surface area contributed by atoms with Gasteiger partial charge in [0.25, 0.3) is 11.1 Å². The monoisotopic (exact) mass is 1400 g/mol. The molecular weight excluding hydrogens is 1280 g/mol. The fraction of sp³-hybridized carbons (Fsp3) is 0.378. The Kier molecular flexibility index (Phi) is 11.7. The third-order valence-electron chi connectivity index (χ3n) is 13.2. The van der Waals surface area contributed by atoms with Crippen molar-refractivity contribution < 1.29 is 105 Å². The summed E-state index contributed by atoms with van der Waals surface area (Å²) < 4.78 is 496. The number of benzene rings is 6. The molecule has 12 nitrogen and oxygen atoms in total. The lowest BCUT2D eigenvalue weighted by molar-refractivity contribution is -0.138. The SMILES string of the molecule is [2H]c1c([2H])c(-c2c([2H])c([2H])c(C(F)(F)F)c(C)c2[2H])c([2H])c([2H])c1CN(C(=O)C([2H])([2H])n1c(SC([2H])([2H])c2ccc(F)cc2)nc(=O)c2c1C([2H])([2H])C([2H])([2H])C2([2H])[2H])C([2H])([2H])C([2H])([2H])N(C([2H])([2H])C)C([2H])([2H])C.[2H]c1c([2H])c(-c2c([2H])c([2H])c(C(F)(F)F)c(C)c2[2H])c([2H])c([2H])c1CN(C(=O)C([2H])([2H])n1c(SC([2H])([2H])c2ccc(F)cc2)nc(=O)c2c1CCC2)C([2H])([2H])C([2H])([2H])N(C([2H])([2H])C)C([2H])([2H])C. The quantitative estimate of drug-likeness (QED) is 0.0295. The number of halogens is 8. The van der Waals surface area contributed by atoms with Crippen LogP contribution in [0.25, 0.3) is 22.3 Å². The van der Waals surface area contributed by atoms with Crippen LogP contribution in [0.3, 0.4) is 0 Å². The minimum Gasteiger partial charge on any atom is -0.336 e. The van der Waals surface area contributed by atoms with E-state index in [0.29, 0.717) is 39.2 Å². The number of likely N-dealkylation sites (N-methyl/N-ethyl adjacent to an activating group) is 2. The van der Waals surface area contributed by atoms with Crippen LogP contribution in [0.2, 0.25) is 0 Å². The molecule has 8 aromatic rings. The molecule has 0 atom stereocenters. The van der Waals surface area contributed by atoms with Crippen molar-refractivity contribution in [1.29, 1.82) is 0 Å². The zero-order valence-corrected chi connectivity index (χ0v) is 52.3. The molecule has 2 heterocycles.